The van der Waals surface area contributed by atoms with Gasteiger partial charge in [-0.3, -0.25) is 4.72 Å². The summed E-state index contributed by atoms with van der Waals surface area (Å²) in [7, 11) is -3.78. The summed E-state index contributed by atoms with van der Waals surface area (Å²) in [5.74, 6) is 1.08. The molecular formula is C16H11ClN2O4S. The maximum atomic E-state index is 12.6. The standard InChI is InChI=1S/C16H11ClN2O4S/c17-11-2-1-3-12(6-11)19-24(20,21)13-4-5-15-14(7-13)16-10(9-22-15)8-18-23-16/h1-8,19H,9H2. The van der Waals surface area contributed by atoms with Gasteiger partial charge in [0.25, 0.3) is 10.0 Å². The van der Waals surface area contributed by atoms with Gasteiger partial charge in [-0.2, -0.15) is 0 Å². The van der Waals surface area contributed by atoms with Crippen LogP contribution < -0.4 is 9.46 Å². The summed E-state index contributed by atoms with van der Waals surface area (Å²) in [4.78, 5) is 0.0917. The average Bonchev–Trinajstić information content (AvgIpc) is 3.03. The highest BCUT2D eigenvalue weighted by atomic mass is 35.5. The Hall–Kier alpha value is -2.51. The number of aromatic nitrogens is 1. The number of hydrogen-bond acceptors (Lipinski definition) is 5. The first-order valence-corrected chi connectivity index (χ1v) is 8.88. The number of sulfonamides is 1. The van der Waals surface area contributed by atoms with E-state index < -0.39 is 10.0 Å². The first-order valence-electron chi connectivity index (χ1n) is 7.02. The fourth-order valence-corrected chi connectivity index (χ4v) is 3.75. The number of halogens is 1. The SMILES string of the molecule is O=S(=O)(Nc1cccc(Cl)c1)c1ccc2c(c1)-c1oncc1CO2. The largest absolute Gasteiger partial charge is 0.488 e. The van der Waals surface area contributed by atoms with Gasteiger partial charge < -0.3 is 9.26 Å². The second-order valence-corrected chi connectivity index (χ2v) is 7.36. The summed E-state index contributed by atoms with van der Waals surface area (Å²) in [6, 6.07) is 11.1. The van der Waals surface area contributed by atoms with Gasteiger partial charge in [0.2, 0.25) is 0 Å². The summed E-state index contributed by atoms with van der Waals surface area (Å²) in [6.45, 7) is 0.346. The van der Waals surface area contributed by atoms with E-state index in [4.69, 9.17) is 20.9 Å². The fraction of sp³-hybridized carbons (Fsp3) is 0.0625. The summed E-state index contributed by atoms with van der Waals surface area (Å²) in [5, 5.41) is 4.18. The molecule has 1 aromatic heterocycles. The van der Waals surface area contributed by atoms with Crippen molar-refractivity contribution in [3.63, 3.8) is 0 Å². The Morgan fingerprint density at radius 3 is 2.88 bits per heavy atom. The van der Waals surface area contributed by atoms with Gasteiger partial charge in [0.05, 0.1) is 27.9 Å². The first kappa shape index (κ1) is 15.0. The summed E-state index contributed by atoms with van der Waals surface area (Å²) in [6.07, 6.45) is 1.56. The van der Waals surface area contributed by atoms with E-state index >= 15 is 0 Å². The number of benzene rings is 2. The van der Waals surface area contributed by atoms with E-state index in [-0.39, 0.29) is 4.90 Å². The van der Waals surface area contributed by atoms with Crippen LogP contribution in [0.5, 0.6) is 5.75 Å². The molecule has 122 valence electrons. The molecule has 8 heteroatoms. The lowest BCUT2D eigenvalue weighted by Gasteiger charge is -2.17. The van der Waals surface area contributed by atoms with E-state index in [2.05, 4.69) is 9.88 Å². The van der Waals surface area contributed by atoms with Crippen LogP contribution in [0.2, 0.25) is 5.02 Å². The molecular weight excluding hydrogens is 352 g/mol. The number of rotatable bonds is 3. The van der Waals surface area contributed by atoms with Crippen molar-refractivity contribution in [2.24, 2.45) is 0 Å². The molecule has 0 fully saturated rings. The van der Waals surface area contributed by atoms with Crippen LogP contribution in [0.4, 0.5) is 5.69 Å². The minimum atomic E-state index is -3.78. The molecule has 0 aliphatic carbocycles. The van der Waals surface area contributed by atoms with Crippen molar-refractivity contribution >= 4 is 27.3 Å². The van der Waals surface area contributed by atoms with Crippen molar-refractivity contribution in [2.75, 3.05) is 4.72 Å². The van der Waals surface area contributed by atoms with Gasteiger partial charge in [-0.1, -0.05) is 22.8 Å². The van der Waals surface area contributed by atoms with Gasteiger partial charge in [0.15, 0.2) is 5.76 Å². The van der Waals surface area contributed by atoms with Crippen molar-refractivity contribution in [1.82, 2.24) is 5.16 Å². The first-order chi connectivity index (χ1) is 11.5. The van der Waals surface area contributed by atoms with Crippen LogP contribution in [0, 0.1) is 0 Å². The third-order valence-electron chi connectivity index (χ3n) is 3.61. The topological polar surface area (TPSA) is 81.4 Å². The smallest absolute Gasteiger partial charge is 0.261 e. The molecule has 0 spiro atoms. The Morgan fingerprint density at radius 1 is 1.17 bits per heavy atom. The van der Waals surface area contributed by atoms with Gasteiger partial charge in [-0.05, 0) is 36.4 Å². The minimum absolute atomic E-state index is 0.0917. The maximum absolute atomic E-state index is 12.6. The van der Waals surface area contributed by atoms with E-state index in [1.54, 1.807) is 30.5 Å². The van der Waals surface area contributed by atoms with Gasteiger partial charge in [-0.25, -0.2) is 8.42 Å². The molecule has 4 rings (SSSR count). The summed E-state index contributed by atoms with van der Waals surface area (Å²) < 4.78 is 38.5. The third-order valence-corrected chi connectivity index (χ3v) is 5.22. The van der Waals surface area contributed by atoms with E-state index in [0.717, 1.165) is 5.56 Å². The van der Waals surface area contributed by atoms with E-state index in [1.807, 2.05) is 0 Å². The van der Waals surface area contributed by atoms with Gasteiger partial charge in [-0.15, -0.1) is 0 Å². The van der Waals surface area contributed by atoms with Crippen molar-refractivity contribution < 1.29 is 17.7 Å². The summed E-state index contributed by atoms with van der Waals surface area (Å²) in [5.41, 5.74) is 1.72. The highest BCUT2D eigenvalue weighted by Crippen LogP contribution is 2.38. The van der Waals surface area contributed by atoms with Crippen molar-refractivity contribution in [2.45, 2.75) is 11.5 Å². The Kier molecular flexibility index (Phi) is 3.47. The average molecular weight is 363 g/mol. The van der Waals surface area contributed by atoms with Crippen LogP contribution in [0.3, 0.4) is 0 Å². The highest BCUT2D eigenvalue weighted by Gasteiger charge is 2.24. The van der Waals surface area contributed by atoms with Gasteiger partial charge in [0, 0.05) is 5.02 Å². The molecule has 0 amide bonds. The molecule has 1 N–H and O–H groups in total. The van der Waals surface area contributed by atoms with Crippen molar-refractivity contribution in [3.05, 3.63) is 59.2 Å². The van der Waals surface area contributed by atoms with Crippen LogP contribution in [0.1, 0.15) is 5.56 Å². The zero-order valence-electron chi connectivity index (χ0n) is 12.2. The fourth-order valence-electron chi connectivity index (χ4n) is 2.49. The molecule has 0 bridgehead atoms. The Balaban J connectivity index is 1.74. The molecule has 0 saturated carbocycles. The number of nitrogens with zero attached hydrogens (tertiary/aromatic N) is 1. The van der Waals surface area contributed by atoms with E-state index in [9.17, 15) is 8.42 Å². The molecule has 0 unspecified atom stereocenters. The molecule has 2 heterocycles. The molecule has 3 aromatic rings. The number of hydrogen-bond donors (Lipinski definition) is 1. The molecule has 1 aliphatic rings. The third kappa shape index (κ3) is 2.61. The minimum Gasteiger partial charge on any atom is -0.488 e. The van der Waals surface area contributed by atoms with Crippen LogP contribution >= 0.6 is 11.6 Å². The molecule has 1 aliphatic heterocycles. The highest BCUT2D eigenvalue weighted by molar-refractivity contribution is 7.92. The zero-order valence-corrected chi connectivity index (χ0v) is 13.8. The Morgan fingerprint density at radius 2 is 2.04 bits per heavy atom. The van der Waals surface area contributed by atoms with Gasteiger partial charge >= 0.3 is 0 Å². The monoisotopic (exact) mass is 362 g/mol. The molecule has 0 saturated heterocycles. The number of fused-ring (bicyclic) bond motifs is 3. The number of ether oxygens (including phenoxy) is 1. The van der Waals surface area contributed by atoms with Crippen LogP contribution in [0.25, 0.3) is 11.3 Å². The Labute approximate surface area is 143 Å². The van der Waals surface area contributed by atoms with E-state index in [0.29, 0.717) is 34.4 Å². The van der Waals surface area contributed by atoms with Crippen molar-refractivity contribution in [1.29, 1.82) is 0 Å². The zero-order chi connectivity index (χ0) is 16.7. The Bertz CT molecular complexity index is 1030. The second-order valence-electron chi connectivity index (χ2n) is 5.24. The predicted molar refractivity (Wildman–Crippen MR) is 88.5 cm³/mol. The molecule has 2 aromatic carbocycles. The lowest BCUT2D eigenvalue weighted by atomic mass is 10.1. The number of anilines is 1. The quantitative estimate of drug-likeness (QED) is 0.768. The molecule has 0 atom stereocenters. The molecule has 24 heavy (non-hydrogen) atoms. The van der Waals surface area contributed by atoms with Crippen LogP contribution in [-0.4, -0.2) is 13.6 Å². The molecule has 6 nitrogen and oxygen atoms in total. The second kappa shape index (κ2) is 5.54. The van der Waals surface area contributed by atoms with Crippen LogP contribution in [0.15, 0.2) is 58.1 Å². The normalized spacial score (nSPS) is 12.9. The predicted octanol–water partition coefficient (Wildman–Crippen LogP) is 3.69. The maximum Gasteiger partial charge on any atom is 0.261 e. The van der Waals surface area contributed by atoms with Crippen LogP contribution in [-0.2, 0) is 16.6 Å². The lowest BCUT2D eigenvalue weighted by molar-refractivity contribution is 0.297. The van der Waals surface area contributed by atoms with Gasteiger partial charge in [0.1, 0.15) is 12.4 Å². The number of nitrogens with one attached hydrogen (secondary N) is 1. The van der Waals surface area contributed by atoms with E-state index in [1.165, 1.54) is 18.2 Å². The molecule has 0 radical (unpaired) electrons. The van der Waals surface area contributed by atoms with Crippen molar-refractivity contribution in [3.8, 4) is 17.1 Å². The lowest BCUT2D eigenvalue weighted by Crippen LogP contribution is -2.13. The summed E-state index contributed by atoms with van der Waals surface area (Å²) >= 11 is 5.89.